The van der Waals surface area contributed by atoms with E-state index >= 15 is 0 Å². The largest absolute Gasteiger partial charge is 0.418 e. The van der Waals surface area contributed by atoms with Crippen LogP contribution in [0.1, 0.15) is 42.7 Å². The Morgan fingerprint density at radius 3 is 2.06 bits per heavy atom. The van der Waals surface area contributed by atoms with Gasteiger partial charge in [-0.2, -0.15) is 13.2 Å². The number of benzene rings is 1. The van der Waals surface area contributed by atoms with Gasteiger partial charge in [-0.05, 0) is 61.1 Å². The third-order valence-electron chi connectivity index (χ3n) is 4.60. The SMILES string of the molecule is Nc1ccc(C2C3CCC2CC3)cc1C(F)(F)F. The monoisotopic (exact) mass is 255 g/mol. The minimum atomic E-state index is -4.35. The van der Waals surface area contributed by atoms with Crippen molar-refractivity contribution in [1.82, 2.24) is 0 Å². The summed E-state index contributed by atoms with van der Waals surface area (Å²) in [5, 5.41) is 0. The lowest BCUT2D eigenvalue weighted by atomic mass is 9.88. The van der Waals surface area contributed by atoms with Crippen LogP contribution in [0.15, 0.2) is 18.2 Å². The zero-order chi connectivity index (χ0) is 12.9. The third kappa shape index (κ3) is 1.78. The molecule has 3 rings (SSSR count). The van der Waals surface area contributed by atoms with Gasteiger partial charge < -0.3 is 5.73 Å². The van der Waals surface area contributed by atoms with Gasteiger partial charge >= 0.3 is 6.18 Å². The number of nitrogen functional groups attached to an aromatic ring is 1. The predicted octanol–water partition coefficient (Wildman–Crippen LogP) is 4.19. The average molecular weight is 255 g/mol. The molecule has 2 aliphatic rings. The molecular weight excluding hydrogens is 239 g/mol. The van der Waals surface area contributed by atoms with Gasteiger partial charge in [0, 0.05) is 5.69 Å². The van der Waals surface area contributed by atoms with Crippen LogP contribution in [-0.2, 0) is 6.18 Å². The molecule has 0 saturated heterocycles. The molecule has 1 nitrogen and oxygen atoms in total. The summed E-state index contributed by atoms with van der Waals surface area (Å²) >= 11 is 0. The normalized spacial score (nSPS) is 30.9. The van der Waals surface area contributed by atoms with E-state index in [0.717, 1.165) is 5.56 Å². The molecule has 98 valence electrons. The van der Waals surface area contributed by atoms with Crippen molar-refractivity contribution in [3.63, 3.8) is 0 Å². The zero-order valence-electron chi connectivity index (χ0n) is 10.0. The van der Waals surface area contributed by atoms with Crippen LogP contribution in [0.5, 0.6) is 0 Å². The molecule has 2 fully saturated rings. The second kappa shape index (κ2) is 3.90. The highest BCUT2D eigenvalue weighted by Crippen LogP contribution is 2.55. The highest BCUT2D eigenvalue weighted by atomic mass is 19.4. The number of hydrogen-bond donors (Lipinski definition) is 1. The first-order valence-electron chi connectivity index (χ1n) is 6.43. The van der Waals surface area contributed by atoms with Gasteiger partial charge in [0.05, 0.1) is 5.56 Å². The van der Waals surface area contributed by atoms with Crippen LogP contribution in [0, 0.1) is 11.8 Å². The standard InChI is InChI=1S/C14H16F3N/c15-14(16,17)11-7-10(5-6-12(11)18)13-8-1-2-9(13)4-3-8/h5-9,13H,1-4,18H2. The molecule has 0 aromatic heterocycles. The van der Waals surface area contributed by atoms with Crippen LogP contribution in [0.2, 0.25) is 0 Å². The summed E-state index contributed by atoms with van der Waals surface area (Å²) in [5.74, 6) is 1.49. The molecular formula is C14H16F3N. The van der Waals surface area contributed by atoms with Crippen molar-refractivity contribution in [2.75, 3.05) is 5.73 Å². The summed E-state index contributed by atoms with van der Waals surface area (Å²) in [6.07, 6.45) is 0.321. The van der Waals surface area contributed by atoms with Gasteiger partial charge in [0.15, 0.2) is 0 Å². The zero-order valence-corrected chi connectivity index (χ0v) is 10.0. The Labute approximate surface area is 104 Å². The lowest BCUT2D eigenvalue weighted by Gasteiger charge is -2.19. The fourth-order valence-corrected chi connectivity index (χ4v) is 3.82. The second-order valence-corrected chi connectivity index (χ2v) is 5.55. The van der Waals surface area contributed by atoms with E-state index in [2.05, 4.69) is 0 Å². The van der Waals surface area contributed by atoms with Crippen molar-refractivity contribution in [2.24, 2.45) is 11.8 Å². The maximum atomic E-state index is 12.8. The molecule has 1 aromatic carbocycles. The van der Waals surface area contributed by atoms with Gasteiger partial charge in [0.1, 0.15) is 0 Å². The van der Waals surface area contributed by atoms with E-state index in [-0.39, 0.29) is 5.69 Å². The maximum absolute atomic E-state index is 12.8. The number of anilines is 1. The van der Waals surface area contributed by atoms with Crippen molar-refractivity contribution in [1.29, 1.82) is 0 Å². The molecule has 2 aliphatic carbocycles. The summed E-state index contributed by atoms with van der Waals surface area (Å²) < 4.78 is 38.5. The smallest absolute Gasteiger partial charge is 0.398 e. The molecule has 0 spiro atoms. The van der Waals surface area contributed by atoms with Crippen LogP contribution in [0.4, 0.5) is 18.9 Å². The van der Waals surface area contributed by atoms with Crippen LogP contribution in [0.3, 0.4) is 0 Å². The summed E-state index contributed by atoms with van der Waals surface area (Å²) in [6, 6.07) is 4.47. The lowest BCUT2D eigenvalue weighted by Crippen LogP contribution is -2.12. The van der Waals surface area contributed by atoms with E-state index in [9.17, 15) is 13.2 Å². The fourth-order valence-electron chi connectivity index (χ4n) is 3.82. The molecule has 2 N–H and O–H groups in total. The van der Waals surface area contributed by atoms with Crippen molar-refractivity contribution >= 4 is 5.69 Å². The Morgan fingerprint density at radius 1 is 1.00 bits per heavy atom. The summed E-state index contributed by atoms with van der Waals surface area (Å²) in [6.45, 7) is 0. The highest BCUT2D eigenvalue weighted by Gasteiger charge is 2.43. The van der Waals surface area contributed by atoms with E-state index in [1.807, 2.05) is 0 Å². The fraction of sp³-hybridized carbons (Fsp3) is 0.571. The lowest BCUT2D eigenvalue weighted by molar-refractivity contribution is -0.137. The summed E-state index contributed by atoms with van der Waals surface area (Å²) in [5.41, 5.74) is 5.43. The van der Waals surface area contributed by atoms with E-state index in [0.29, 0.717) is 17.8 Å². The highest BCUT2D eigenvalue weighted by molar-refractivity contribution is 5.51. The van der Waals surface area contributed by atoms with Crippen LogP contribution in [0.25, 0.3) is 0 Å². The van der Waals surface area contributed by atoms with Crippen molar-refractivity contribution in [2.45, 2.75) is 37.8 Å². The van der Waals surface area contributed by atoms with Gasteiger partial charge in [-0.1, -0.05) is 6.07 Å². The summed E-state index contributed by atoms with van der Waals surface area (Å²) in [7, 11) is 0. The first kappa shape index (κ1) is 11.9. The van der Waals surface area contributed by atoms with E-state index in [1.54, 1.807) is 6.07 Å². The molecule has 0 radical (unpaired) electrons. The topological polar surface area (TPSA) is 26.0 Å². The van der Waals surface area contributed by atoms with Crippen LogP contribution >= 0.6 is 0 Å². The van der Waals surface area contributed by atoms with Gasteiger partial charge in [-0.3, -0.25) is 0 Å². The number of fused-ring (bicyclic) bond motifs is 2. The van der Waals surface area contributed by atoms with E-state index < -0.39 is 11.7 Å². The molecule has 2 bridgehead atoms. The molecule has 0 unspecified atom stereocenters. The summed E-state index contributed by atoms with van der Waals surface area (Å²) in [4.78, 5) is 0. The minimum absolute atomic E-state index is 0.170. The Morgan fingerprint density at radius 2 is 1.56 bits per heavy atom. The van der Waals surface area contributed by atoms with Crippen LogP contribution < -0.4 is 5.73 Å². The first-order chi connectivity index (χ1) is 8.47. The van der Waals surface area contributed by atoms with Gasteiger partial charge in [-0.15, -0.1) is 0 Å². The molecule has 1 aromatic rings. The number of halogens is 3. The maximum Gasteiger partial charge on any atom is 0.418 e. The molecule has 4 heteroatoms. The van der Waals surface area contributed by atoms with Gasteiger partial charge in [0.2, 0.25) is 0 Å². The van der Waals surface area contributed by atoms with Gasteiger partial charge in [-0.25, -0.2) is 0 Å². The second-order valence-electron chi connectivity index (χ2n) is 5.55. The van der Waals surface area contributed by atoms with Crippen LogP contribution in [-0.4, -0.2) is 0 Å². The molecule has 0 aliphatic heterocycles. The predicted molar refractivity (Wildman–Crippen MR) is 64.0 cm³/mol. The average Bonchev–Trinajstić information content (AvgIpc) is 2.88. The van der Waals surface area contributed by atoms with E-state index in [1.165, 1.54) is 37.8 Å². The van der Waals surface area contributed by atoms with E-state index in [4.69, 9.17) is 5.73 Å². The Balaban J connectivity index is 1.99. The van der Waals surface area contributed by atoms with Crippen molar-refractivity contribution in [3.8, 4) is 0 Å². The molecule has 2 saturated carbocycles. The number of rotatable bonds is 1. The van der Waals surface area contributed by atoms with Gasteiger partial charge in [0.25, 0.3) is 0 Å². The Hall–Kier alpha value is -1.19. The number of nitrogens with two attached hydrogens (primary N) is 1. The minimum Gasteiger partial charge on any atom is -0.398 e. The number of hydrogen-bond acceptors (Lipinski definition) is 1. The van der Waals surface area contributed by atoms with Crippen molar-refractivity contribution in [3.05, 3.63) is 29.3 Å². The molecule has 0 heterocycles. The molecule has 0 atom stereocenters. The molecule has 18 heavy (non-hydrogen) atoms. The Bertz CT molecular complexity index is 447. The third-order valence-corrected chi connectivity index (χ3v) is 4.60. The Kier molecular flexibility index (Phi) is 2.57. The molecule has 0 amide bonds. The van der Waals surface area contributed by atoms with Crippen molar-refractivity contribution < 1.29 is 13.2 Å². The first-order valence-corrected chi connectivity index (χ1v) is 6.43. The quantitative estimate of drug-likeness (QED) is 0.748. The number of alkyl halides is 3.